The van der Waals surface area contributed by atoms with Gasteiger partial charge in [0.15, 0.2) is 0 Å². The summed E-state index contributed by atoms with van der Waals surface area (Å²) in [6.45, 7) is 4.69. The zero-order chi connectivity index (χ0) is 13.1. The quantitative estimate of drug-likeness (QED) is 0.713. The molecule has 2 aromatic heterocycles. The second-order valence-corrected chi connectivity index (χ2v) is 4.61. The van der Waals surface area contributed by atoms with Crippen molar-refractivity contribution in [2.75, 3.05) is 6.54 Å². The van der Waals surface area contributed by atoms with E-state index in [1.165, 1.54) is 10.9 Å². The molecule has 0 radical (unpaired) electrons. The van der Waals surface area contributed by atoms with E-state index in [9.17, 15) is 0 Å². The Morgan fingerprint density at radius 1 is 1.32 bits per heavy atom. The molecule has 4 heteroatoms. The third-order valence-corrected chi connectivity index (χ3v) is 3.31. The number of fused-ring (bicyclic) bond motifs is 1. The van der Waals surface area contributed by atoms with Crippen LogP contribution in [0.25, 0.3) is 11.0 Å². The van der Waals surface area contributed by atoms with Gasteiger partial charge in [0.05, 0.1) is 6.33 Å². The van der Waals surface area contributed by atoms with Gasteiger partial charge in [-0.15, -0.1) is 0 Å². The summed E-state index contributed by atoms with van der Waals surface area (Å²) in [5.41, 5.74) is 2.22. The number of nitrogens with one attached hydrogen (secondary N) is 1. The van der Waals surface area contributed by atoms with Gasteiger partial charge in [-0.2, -0.15) is 0 Å². The molecule has 0 saturated heterocycles. The van der Waals surface area contributed by atoms with Gasteiger partial charge in [0.25, 0.3) is 0 Å². The molecule has 2 heterocycles. The Morgan fingerprint density at radius 3 is 3.05 bits per heavy atom. The lowest BCUT2D eigenvalue weighted by atomic mass is 10.1. The molecule has 98 valence electrons. The number of para-hydroxylation sites is 1. The fraction of sp³-hybridized carbons (Fsp3) is 0.267. The van der Waals surface area contributed by atoms with Crippen LogP contribution in [0.4, 0.5) is 0 Å². The van der Waals surface area contributed by atoms with Crippen molar-refractivity contribution in [1.82, 2.24) is 14.9 Å². The number of imidazole rings is 1. The SMILES string of the molecule is Cc1oc2ccccc2c1CNCCn1ccnc1. The first-order chi connectivity index (χ1) is 9.34. The zero-order valence-electron chi connectivity index (χ0n) is 11.0. The molecule has 3 rings (SSSR count). The van der Waals surface area contributed by atoms with Gasteiger partial charge in [-0.1, -0.05) is 18.2 Å². The van der Waals surface area contributed by atoms with Gasteiger partial charge in [-0.05, 0) is 13.0 Å². The predicted molar refractivity (Wildman–Crippen MR) is 74.9 cm³/mol. The van der Waals surface area contributed by atoms with E-state index in [2.05, 4.69) is 20.9 Å². The van der Waals surface area contributed by atoms with E-state index in [1.54, 1.807) is 6.20 Å². The minimum atomic E-state index is 0.831. The number of benzene rings is 1. The van der Waals surface area contributed by atoms with Gasteiger partial charge >= 0.3 is 0 Å². The summed E-state index contributed by atoms with van der Waals surface area (Å²) in [4.78, 5) is 4.03. The Balaban J connectivity index is 1.63. The number of furan rings is 1. The molecular weight excluding hydrogens is 238 g/mol. The Bertz CT molecular complexity index is 655. The van der Waals surface area contributed by atoms with E-state index >= 15 is 0 Å². The molecule has 19 heavy (non-hydrogen) atoms. The molecule has 0 aliphatic carbocycles. The fourth-order valence-electron chi connectivity index (χ4n) is 2.28. The van der Waals surface area contributed by atoms with Crippen LogP contribution in [0, 0.1) is 6.92 Å². The summed E-state index contributed by atoms with van der Waals surface area (Å²) in [6.07, 6.45) is 5.61. The molecule has 0 amide bonds. The van der Waals surface area contributed by atoms with Crippen molar-refractivity contribution in [2.24, 2.45) is 0 Å². The average molecular weight is 255 g/mol. The maximum atomic E-state index is 5.75. The lowest BCUT2D eigenvalue weighted by Crippen LogP contribution is -2.19. The summed E-state index contributed by atoms with van der Waals surface area (Å²) in [5, 5.41) is 4.65. The van der Waals surface area contributed by atoms with Crippen LogP contribution in [0.3, 0.4) is 0 Å². The molecule has 1 N–H and O–H groups in total. The molecule has 1 aromatic carbocycles. The molecule has 0 bridgehead atoms. The predicted octanol–water partition coefficient (Wildman–Crippen LogP) is 2.73. The largest absolute Gasteiger partial charge is 0.461 e. The maximum Gasteiger partial charge on any atom is 0.134 e. The summed E-state index contributed by atoms with van der Waals surface area (Å²) in [6, 6.07) is 8.17. The molecule has 0 aliphatic rings. The van der Waals surface area contributed by atoms with Crippen LogP contribution in [0.15, 0.2) is 47.4 Å². The monoisotopic (exact) mass is 255 g/mol. The lowest BCUT2D eigenvalue weighted by molar-refractivity contribution is 0.557. The highest BCUT2D eigenvalue weighted by Crippen LogP contribution is 2.24. The molecule has 0 atom stereocenters. The number of aryl methyl sites for hydroxylation is 1. The van der Waals surface area contributed by atoms with Gasteiger partial charge in [0.1, 0.15) is 11.3 Å². The van der Waals surface area contributed by atoms with Crippen LogP contribution < -0.4 is 5.32 Å². The zero-order valence-corrected chi connectivity index (χ0v) is 11.0. The molecule has 0 spiro atoms. The Labute approximate surface area is 112 Å². The van der Waals surface area contributed by atoms with E-state index in [0.29, 0.717) is 0 Å². The summed E-state index contributed by atoms with van der Waals surface area (Å²) in [5.74, 6) is 0.997. The highest BCUT2D eigenvalue weighted by atomic mass is 16.3. The number of hydrogen-bond donors (Lipinski definition) is 1. The Morgan fingerprint density at radius 2 is 2.21 bits per heavy atom. The summed E-state index contributed by atoms with van der Waals surface area (Å²) >= 11 is 0. The topological polar surface area (TPSA) is 43.0 Å². The Hall–Kier alpha value is -2.07. The standard InChI is InChI=1S/C15H17N3O/c1-12-14(13-4-2-3-5-15(13)19-12)10-16-6-8-18-9-7-17-11-18/h2-5,7,9,11,16H,6,8,10H2,1H3. The Kier molecular flexibility index (Phi) is 3.33. The third-order valence-electron chi connectivity index (χ3n) is 3.31. The first-order valence-electron chi connectivity index (χ1n) is 6.48. The smallest absolute Gasteiger partial charge is 0.134 e. The maximum absolute atomic E-state index is 5.75. The minimum absolute atomic E-state index is 0.831. The van der Waals surface area contributed by atoms with Crippen molar-refractivity contribution >= 4 is 11.0 Å². The molecule has 0 unspecified atom stereocenters. The fourth-order valence-corrected chi connectivity index (χ4v) is 2.28. The molecule has 4 nitrogen and oxygen atoms in total. The van der Waals surface area contributed by atoms with Crippen LogP contribution in [0.1, 0.15) is 11.3 Å². The van der Waals surface area contributed by atoms with Crippen molar-refractivity contribution in [1.29, 1.82) is 0 Å². The second kappa shape index (κ2) is 5.28. The van der Waals surface area contributed by atoms with Crippen molar-refractivity contribution in [3.05, 3.63) is 54.3 Å². The van der Waals surface area contributed by atoms with Crippen LogP contribution in [-0.4, -0.2) is 16.1 Å². The van der Waals surface area contributed by atoms with Gasteiger partial charge in [-0.3, -0.25) is 0 Å². The average Bonchev–Trinajstić information content (AvgIpc) is 3.02. The third kappa shape index (κ3) is 2.53. The highest BCUT2D eigenvalue weighted by Gasteiger charge is 2.09. The van der Waals surface area contributed by atoms with Gasteiger partial charge < -0.3 is 14.3 Å². The molecule has 0 saturated carbocycles. The first-order valence-corrected chi connectivity index (χ1v) is 6.48. The highest BCUT2D eigenvalue weighted by molar-refractivity contribution is 5.82. The number of hydrogen-bond acceptors (Lipinski definition) is 3. The molecular formula is C15H17N3O. The van der Waals surface area contributed by atoms with Crippen molar-refractivity contribution in [3.8, 4) is 0 Å². The number of nitrogens with zero attached hydrogens (tertiary/aromatic N) is 2. The van der Waals surface area contributed by atoms with E-state index in [1.807, 2.05) is 37.6 Å². The first kappa shape index (κ1) is 12.0. The van der Waals surface area contributed by atoms with Crippen LogP contribution in [0.2, 0.25) is 0 Å². The van der Waals surface area contributed by atoms with Crippen LogP contribution in [0.5, 0.6) is 0 Å². The van der Waals surface area contributed by atoms with Gasteiger partial charge in [-0.25, -0.2) is 4.98 Å². The normalized spacial score (nSPS) is 11.2. The van der Waals surface area contributed by atoms with E-state index in [0.717, 1.165) is 31.0 Å². The van der Waals surface area contributed by atoms with Crippen molar-refractivity contribution < 1.29 is 4.42 Å². The second-order valence-electron chi connectivity index (χ2n) is 4.61. The molecule has 0 aliphatic heterocycles. The van der Waals surface area contributed by atoms with Crippen molar-refractivity contribution in [2.45, 2.75) is 20.0 Å². The molecule has 3 aromatic rings. The van der Waals surface area contributed by atoms with E-state index in [4.69, 9.17) is 4.42 Å². The van der Waals surface area contributed by atoms with E-state index < -0.39 is 0 Å². The number of rotatable bonds is 5. The van der Waals surface area contributed by atoms with Crippen LogP contribution in [-0.2, 0) is 13.1 Å². The van der Waals surface area contributed by atoms with Gasteiger partial charge in [0.2, 0.25) is 0 Å². The number of aromatic nitrogens is 2. The molecule has 0 fully saturated rings. The minimum Gasteiger partial charge on any atom is -0.461 e. The van der Waals surface area contributed by atoms with Gasteiger partial charge in [0, 0.05) is 43.0 Å². The van der Waals surface area contributed by atoms with Crippen molar-refractivity contribution in [3.63, 3.8) is 0 Å². The van der Waals surface area contributed by atoms with E-state index in [-0.39, 0.29) is 0 Å². The summed E-state index contributed by atoms with van der Waals surface area (Å²) < 4.78 is 7.81. The van der Waals surface area contributed by atoms with Crippen LogP contribution >= 0.6 is 0 Å². The summed E-state index contributed by atoms with van der Waals surface area (Å²) in [7, 11) is 0. The lowest BCUT2D eigenvalue weighted by Gasteiger charge is -2.05.